The fourth-order valence-corrected chi connectivity index (χ4v) is 4.87. The molecule has 0 bridgehead atoms. The van der Waals surface area contributed by atoms with Crippen LogP contribution in [-0.2, 0) is 0 Å². The first-order valence-electron chi connectivity index (χ1n) is 8.66. The van der Waals surface area contributed by atoms with Crippen molar-refractivity contribution >= 4 is 0 Å². The number of hydrogen-bond donors (Lipinski definition) is 1. The molecule has 1 heterocycles. The molecule has 2 saturated carbocycles. The number of piperazine rings is 1. The molecule has 1 atom stereocenters. The summed E-state index contributed by atoms with van der Waals surface area (Å²) in [6.07, 6.45) is 13.0. The van der Waals surface area contributed by atoms with E-state index in [1.807, 2.05) is 0 Å². The third kappa shape index (κ3) is 2.71. The predicted molar refractivity (Wildman–Crippen MR) is 81.4 cm³/mol. The van der Waals surface area contributed by atoms with Gasteiger partial charge in [0.2, 0.25) is 0 Å². The number of rotatable bonds is 3. The smallest absolute Gasteiger partial charge is 0.0309 e. The SMILES string of the molecule is CCC1(CN2CC3(CCCC3)NCC2C)CCCC1. The van der Waals surface area contributed by atoms with E-state index < -0.39 is 0 Å². The van der Waals surface area contributed by atoms with Gasteiger partial charge in [-0.05, 0) is 44.4 Å². The van der Waals surface area contributed by atoms with Gasteiger partial charge in [0.25, 0.3) is 0 Å². The van der Waals surface area contributed by atoms with Crippen LogP contribution in [0.25, 0.3) is 0 Å². The molecule has 0 aromatic rings. The van der Waals surface area contributed by atoms with Gasteiger partial charge in [-0.3, -0.25) is 4.90 Å². The Morgan fingerprint density at radius 1 is 1.05 bits per heavy atom. The molecule has 1 saturated heterocycles. The van der Waals surface area contributed by atoms with E-state index in [9.17, 15) is 0 Å². The van der Waals surface area contributed by atoms with Gasteiger partial charge in [0.15, 0.2) is 0 Å². The first kappa shape index (κ1) is 13.9. The maximum Gasteiger partial charge on any atom is 0.0309 e. The van der Waals surface area contributed by atoms with Crippen LogP contribution in [0.1, 0.15) is 71.6 Å². The molecule has 0 aromatic carbocycles. The predicted octanol–water partition coefficient (Wildman–Crippen LogP) is 3.56. The molecule has 0 radical (unpaired) electrons. The van der Waals surface area contributed by atoms with E-state index in [0.717, 1.165) is 6.04 Å². The summed E-state index contributed by atoms with van der Waals surface area (Å²) in [7, 11) is 0. The summed E-state index contributed by atoms with van der Waals surface area (Å²) < 4.78 is 0. The van der Waals surface area contributed by atoms with Gasteiger partial charge in [-0.25, -0.2) is 0 Å². The average Bonchev–Trinajstić information content (AvgIpc) is 3.05. The van der Waals surface area contributed by atoms with E-state index in [1.165, 1.54) is 77.4 Å². The van der Waals surface area contributed by atoms with Crippen molar-refractivity contribution in [2.24, 2.45) is 5.41 Å². The van der Waals surface area contributed by atoms with E-state index in [2.05, 4.69) is 24.1 Å². The number of hydrogen-bond acceptors (Lipinski definition) is 2. The van der Waals surface area contributed by atoms with Crippen LogP contribution in [0.4, 0.5) is 0 Å². The zero-order chi connectivity index (χ0) is 13.3. The van der Waals surface area contributed by atoms with Crippen molar-refractivity contribution in [2.75, 3.05) is 19.6 Å². The van der Waals surface area contributed by atoms with Crippen LogP contribution in [0.5, 0.6) is 0 Å². The molecule has 2 aliphatic carbocycles. The van der Waals surface area contributed by atoms with Crippen molar-refractivity contribution in [3.05, 3.63) is 0 Å². The minimum Gasteiger partial charge on any atom is -0.308 e. The van der Waals surface area contributed by atoms with Crippen molar-refractivity contribution in [3.8, 4) is 0 Å². The normalized spacial score (nSPS) is 34.1. The van der Waals surface area contributed by atoms with Crippen LogP contribution in [0.3, 0.4) is 0 Å². The highest BCUT2D eigenvalue weighted by Gasteiger charge is 2.42. The molecule has 3 fully saturated rings. The molecule has 2 heteroatoms. The van der Waals surface area contributed by atoms with E-state index in [-0.39, 0.29) is 0 Å². The largest absolute Gasteiger partial charge is 0.308 e. The second kappa shape index (κ2) is 5.37. The Kier molecular flexibility index (Phi) is 3.92. The lowest BCUT2D eigenvalue weighted by molar-refractivity contribution is 0.0447. The lowest BCUT2D eigenvalue weighted by atomic mass is 9.81. The van der Waals surface area contributed by atoms with Crippen LogP contribution < -0.4 is 5.32 Å². The molecule has 0 amide bonds. The molecule has 2 nitrogen and oxygen atoms in total. The highest BCUT2D eigenvalue weighted by atomic mass is 15.3. The molecule has 1 spiro atoms. The monoisotopic (exact) mass is 264 g/mol. The van der Waals surface area contributed by atoms with Crippen LogP contribution in [-0.4, -0.2) is 36.1 Å². The summed E-state index contributed by atoms with van der Waals surface area (Å²) >= 11 is 0. The molecular weight excluding hydrogens is 232 g/mol. The fourth-order valence-electron chi connectivity index (χ4n) is 4.87. The summed E-state index contributed by atoms with van der Waals surface area (Å²) in [5.74, 6) is 0. The molecule has 19 heavy (non-hydrogen) atoms. The molecule has 0 aromatic heterocycles. The Labute approximate surface area is 119 Å². The Bertz CT molecular complexity index is 300. The van der Waals surface area contributed by atoms with Crippen LogP contribution in [0, 0.1) is 5.41 Å². The summed E-state index contributed by atoms with van der Waals surface area (Å²) in [5, 5.41) is 3.89. The zero-order valence-corrected chi connectivity index (χ0v) is 13.0. The van der Waals surface area contributed by atoms with Gasteiger partial charge in [-0.1, -0.05) is 32.6 Å². The van der Waals surface area contributed by atoms with Crippen LogP contribution in [0.2, 0.25) is 0 Å². The Morgan fingerprint density at radius 2 is 1.68 bits per heavy atom. The van der Waals surface area contributed by atoms with Gasteiger partial charge in [-0.2, -0.15) is 0 Å². The molecule has 1 N–H and O–H groups in total. The Morgan fingerprint density at radius 3 is 2.32 bits per heavy atom. The quantitative estimate of drug-likeness (QED) is 0.838. The number of nitrogens with zero attached hydrogens (tertiary/aromatic N) is 1. The topological polar surface area (TPSA) is 15.3 Å². The van der Waals surface area contributed by atoms with E-state index in [4.69, 9.17) is 0 Å². The lowest BCUT2D eigenvalue weighted by Gasteiger charge is -2.48. The van der Waals surface area contributed by atoms with Crippen molar-refractivity contribution in [1.82, 2.24) is 10.2 Å². The van der Waals surface area contributed by atoms with Gasteiger partial charge in [0.05, 0.1) is 0 Å². The van der Waals surface area contributed by atoms with Crippen molar-refractivity contribution in [2.45, 2.75) is 83.2 Å². The third-order valence-corrected chi connectivity index (χ3v) is 6.41. The Hall–Kier alpha value is -0.0800. The highest BCUT2D eigenvalue weighted by Crippen LogP contribution is 2.43. The standard InChI is InChI=1S/C17H32N2/c1-3-16(8-4-5-9-16)13-19-14-17(10-6-7-11-17)18-12-15(19)2/h15,18H,3-14H2,1-2H3. The molecular formula is C17H32N2. The highest BCUT2D eigenvalue weighted by molar-refractivity contribution is 5.01. The summed E-state index contributed by atoms with van der Waals surface area (Å²) in [5.41, 5.74) is 1.14. The van der Waals surface area contributed by atoms with E-state index in [1.54, 1.807) is 0 Å². The van der Waals surface area contributed by atoms with Gasteiger partial charge < -0.3 is 5.32 Å². The van der Waals surface area contributed by atoms with Gasteiger partial charge in [-0.15, -0.1) is 0 Å². The summed E-state index contributed by atoms with van der Waals surface area (Å²) in [6.45, 7) is 8.74. The average molecular weight is 264 g/mol. The van der Waals surface area contributed by atoms with Crippen molar-refractivity contribution in [1.29, 1.82) is 0 Å². The second-order valence-corrected chi connectivity index (χ2v) is 7.68. The summed E-state index contributed by atoms with van der Waals surface area (Å²) in [6, 6.07) is 0.732. The molecule has 110 valence electrons. The molecule has 3 aliphatic rings. The first-order valence-corrected chi connectivity index (χ1v) is 8.66. The van der Waals surface area contributed by atoms with E-state index >= 15 is 0 Å². The van der Waals surface area contributed by atoms with E-state index in [0.29, 0.717) is 11.0 Å². The third-order valence-electron chi connectivity index (χ3n) is 6.41. The lowest BCUT2D eigenvalue weighted by Crippen LogP contribution is -2.63. The maximum atomic E-state index is 3.89. The zero-order valence-electron chi connectivity index (χ0n) is 13.0. The molecule has 1 aliphatic heterocycles. The minimum atomic E-state index is 0.486. The van der Waals surface area contributed by atoms with Gasteiger partial charge >= 0.3 is 0 Å². The molecule has 1 unspecified atom stereocenters. The number of nitrogens with one attached hydrogen (secondary N) is 1. The minimum absolute atomic E-state index is 0.486. The molecule has 3 rings (SSSR count). The van der Waals surface area contributed by atoms with Crippen LogP contribution >= 0.6 is 0 Å². The maximum absolute atomic E-state index is 3.89. The Balaban J connectivity index is 1.67. The fraction of sp³-hybridized carbons (Fsp3) is 1.00. The second-order valence-electron chi connectivity index (χ2n) is 7.68. The van der Waals surface area contributed by atoms with Gasteiger partial charge in [0, 0.05) is 31.2 Å². The first-order chi connectivity index (χ1) is 9.17. The van der Waals surface area contributed by atoms with Gasteiger partial charge in [0.1, 0.15) is 0 Å². The van der Waals surface area contributed by atoms with Crippen LogP contribution in [0.15, 0.2) is 0 Å². The summed E-state index contributed by atoms with van der Waals surface area (Å²) in [4.78, 5) is 2.84. The van der Waals surface area contributed by atoms with Crippen molar-refractivity contribution in [3.63, 3.8) is 0 Å². The van der Waals surface area contributed by atoms with Crippen molar-refractivity contribution < 1.29 is 0 Å².